The minimum absolute atomic E-state index is 0.110. The van der Waals surface area contributed by atoms with Crippen molar-refractivity contribution in [3.63, 3.8) is 0 Å². The van der Waals surface area contributed by atoms with E-state index in [9.17, 15) is 9.18 Å². The highest BCUT2D eigenvalue weighted by atomic mass is 79.9. The standard InChI is InChI=1S/C32H32BrClFN5O3S/c1-6-13-44-32-38-31-36-19(4)27(30(41)37-25-12-7-9-17(2)18(25)3)28(40(31)39-32)20-14-22(33)29(26(15-20)42-5)43-16-21-23(34)10-8-11-24(21)35/h7-12,14-15,28H,6,13,16H2,1-5H3,(H,37,41)(H,36,38,39). The summed E-state index contributed by atoms with van der Waals surface area (Å²) >= 11 is 11.4. The molecule has 2 N–H and O–H groups in total. The minimum Gasteiger partial charge on any atom is -0.493 e. The Labute approximate surface area is 273 Å². The number of hydrogen-bond donors (Lipinski definition) is 2. The van der Waals surface area contributed by atoms with Crippen LogP contribution in [0.25, 0.3) is 0 Å². The highest BCUT2D eigenvalue weighted by molar-refractivity contribution is 9.10. The maximum absolute atomic E-state index is 14.4. The maximum atomic E-state index is 14.4. The molecule has 1 aromatic heterocycles. The lowest BCUT2D eigenvalue weighted by molar-refractivity contribution is -0.113. The topological polar surface area (TPSA) is 90.3 Å². The number of methoxy groups -OCH3 is 1. The molecule has 0 aliphatic carbocycles. The van der Waals surface area contributed by atoms with Crippen LogP contribution in [0.15, 0.2) is 69.4 Å². The second-order valence-corrected chi connectivity index (χ2v) is 12.6. The number of aromatic nitrogens is 3. The molecule has 230 valence electrons. The molecule has 0 radical (unpaired) electrons. The smallest absolute Gasteiger partial charge is 0.255 e. The van der Waals surface area contributed by atoms with E-state index < -0.39 is 11.9 Å². The van der Waals surface area contributed by atoms with Crippen LogP contribution >= 0.6 is 39.3 Å². The van der Waals surface area contributed by atoms with E-state index in [0.29, 0.717) is 43.9 Å². The Morgan fingerprint density at radius 3 is 2.70 bits per heavy atom. The molecule has 4 aromatic rings. The quantitative estimate of drug-likeness (QED) is 0.161. The number of allylic oxidation sites excluding steroid dienone is 1. The van der Waals surface area contributed by atoms with Gasteiger partial charge < -0.3 is 20.1 Å². The predicted molar refractivity (Wildman–Crippen MR) is 176 cm³/mol. The van der Waals surface area contributed by atoms with E-state index in [1.807, 2.05) is 45.0 Å². The fraction of sp³-hybridized carbons (Fsp3) is 0.281. The molecule has 0 spiro atoms. The van der Waals surface area contributed by atoms with E-state index in [1.54, 1.807) is 34.6 Å². The molecule has 3 aromatic carbocycles. The Balaban J connectivity index is 1.57. The predicted octanol–water partition coefficient (Wildman–Crippen LogP) is 8.47. The Morgan fingerprint density at radius 2 is 1.98 bits per heavy atom. The van der Waals surface area contributed by atoms with Gasteiger partial charge in [0.05, 0.1) is 22.2 Å². The molecule has 0 bridgehead atoms. The summed E-state index contributed by atoms with van der Waals surface area (Å²) in [6, 6.07) is 13.3. The van der Waals surface area contributed by atoms with Crippen molar-refractivity contribution >= 4 is 56.8 Å². The van der Waals surface area contributed by atoms with E-state index in [0.717, 1.165) is 29.0 Å². The van der Waals surface area contributed by atoms with Gasteiger partial charge in [0.1, 0.15) is 18.5 Å². The maximum Gasteiger partial charge on any atom is 0.255 e. The summed E-state index contributed by atoms with van der Waals surface area (Å²) in [6.07, 6.45) is 0.968. The van der Waals surface area contributed by atoms with E-state index in [2.05, 4.69) is 33.5 Å². The summed E-state index contributed by atoms with van der Waals surface area (Å²) < 4.78 is 28.5. The molecule has 0 saturated heterocycles. The first-order valence-corrected chi connectivity index (χ1v) is 16.2. The number of fused-ring (bicyclic) bond motifs is 1. The van der Waals surface area contributed by atoms with E-state index in [1.165, 1.54) is 13.2 Å². The zero-order valence-electron chi connectivity index (χ0n) is 24.9. The van der Waals surface area contributed by atoms with E-state index in [-0.39, 0.29) is 23.1 Å². The number of nitrogens with one attached hydrogen (secondary N) is 2. The number of rotatable bonds is 10. The van der Waals surface area contributed by atoms with Crippen LogP contribution in [0, 0.1) is 19.7 Å². The van der Waals surface area contributed by atoms with Crippen molar-refractivity contribution in [1.29, 1.82) is 0 Å². The number of halogens is 3. The SMILES string of the molecule is CCCSc1nc2n(n1)C(c1cc(Br)c(OCc3c(F)cccc3Cl)c(OC)c1)C(C(=O)Nc1cccc(C)c1C)=C(C)N2. The van der Waals surface area contributed by atoms with Gasteiger partial charge in [-0.1, -0.05) is 48.5 Å². The molecule has 1 aliphatic heterocycles. The number of ether oxygens (including phenoxy) is 2. The van der Waals surface area contributed by atoms with Crippen LogP contribution in [0.2, 0.25) is 5.02 Å². The lowest BCUT2D eigenvalue weighted by Gasteiger charge is -2.29. The average Bonchev–Trinajstić information content (AvgIpc) is 3.39. The van der Waals surface area contributed by atoms with Crippen LogP contribution in [0.1, 0.15) is 48.6 Å². The minimum atomic E-state index is -0.653. The lowest BCUT2D eigenvalue weighted by atomic mass is 9.94. The van der Waals surface area contributed by atoms with Gasteiger partial charge in [0.15, 0.2) is 11.5 Å². The van der Waals surface area contributed by atoms with Crippen molar-refractivity contribution in [2.75, 3.05) is 23.5 Å². The zero-order chi connectivity index (χ0) is 31.5. The normalized spacial score (nSPS) is 14.2. The number of nitrogens with zero attached hydrogens (tertiary/aromatic N) is 3. The molecule has 2 heterocycles. The van der Waals surface area contributed by atoms with Crippen molar-refractivity contribution < 1.29 is 18.7 Å². The second kappa shape index (κ2) is 13.6. The van der Waals surface area contributed by atoms with Crippen LogP contribution in [-0.2, 0) is 11.4 Å². The first-order chi connectivity index (χ1) is 21.1. The molecular weight excluding hydrogens is 669 g/mol. The molecule has 1 amide bonds. The van der Waals surface area contributed by atoms with Crippen molar-refractivity contribution in [2.24, 2.45) is 0 Å². The fourth-order valence-corrected chi connectivity index (χ4v) is 6.39. The van der Waals surface area contributed by atoms with E-state index in [4.69, 9.17) is 31.2 Å². The third-order valence-electron chi connectivity index (χ3n) is 7.36. The Hall–Kier alpha value is -3.54. The molecule has 44 heavy (non-hydrogen) atoms. The van der Waals surface area contributed by atoms with Gasteiger partial charge in [0, 0.05) is 22.7 Å². The number of anilines is 2. The largest absolute Gasteiger partial charge is 0.493 e. The summed E-state index contributed by atoms with van der Waals surface area (Å²) in [5, 5.41) is 12.1. The van der Waals surface area contributed by atoms with Crippen LogP contribution in [-0.4, -0.2) is 33.5 Å². The Morgan fingerprint density at radius 1 is 1.20 bits per heavy atom. The summed E-state index contributed by atoms with van der Waals surface area (Å²) in [4.78, 5) is 18.8. The van der Waals surface area contributed by atoms with Gasteiger partial charge in [-0.3, -0.25) is 4.79 Å². The van der Waals surface area contributed by atoms with E-state index >= 15 is 0 Å². The van der Waals surface area contributed by atoms with Gasteiger partial charge in [-0.2, -0.15) is 4.98 Å². The van der Waals surface area contributed by atoms with Gasteiger partial charge in [-0.25, -0.2) is 9.07 Å². The second-order valence-electron chi connectivity index (χ2n) is 10.3. The number of thioether (sulfide) groups is 1. The molecule has 1 unspecified atom stereocenters. The highest BCUT2D eigenvalue weighted by Gasteiger charge is 2.35. The molecule has 5 rings (SSSR count). The van der Waals surface area contributed by atoms with Gasteiger partial charge in [-0.05, 0) is 90.1 Å². The van der Waals surface area contributed by atoms with Gasteiger partial charge >= 0.3 is 0 Å². The summed E-state index contributed by atoms with van der Waals surface area (Å²) in [5.74, 6) is 1.40. The van der Waals surface area contributed by atoms with Crippen molar-refractivity contribution in [3.05, 3.63) is 97.4 Å². The number of aryl methyl sites for hydroxylation is 1. The first-order valence-electron chi connectivity index (χ1n) is 14.0. The fourth-order valence-electron chi connectivity index (χ4n) is 4.92. The molecule has 1 aliphatic rings. The molecule has 0 saturated carbocycles. The molecule has 0 fully saturated rings. The number of carbonyl (C=O) groups excluding carboxylic acids is 1. The average molecular weight is 701 g/mol. The van der Waals surface area contributed by atoms with Crippen LogP contribution < -0.4 is 20.1 Å². The molecule has 1 atom stereocenters. The monoisotopic (exact) mass is 699 g/mol. The van der Waals surface area contributed by atoms with Crippen LogP contribution in [0.3, 0.4) is 0 Å². The van der Waals surface area contributed by atoms with Crippen LogP contribution in [0.5, 0.6) is 11.5 Å². The number of benzene rings is 3. The van der Waals surface area contributed by atoms with Gasteiger partial charge in [0.25, 0.3) is 5.91 Å². The molecular formula is C32H32BrClFN5O3S. The summed E-state index contributed by atoms with van der Waals surface area (Å²) in [5.41, 5.74) is 4.84. The van der Waals surface area contributed by atoms with Crippen LogP contribution in [0.4, 0.5) is 16.0 Å². The third-order valence-corrected chi connectivity index (χ3v) is 9.34. The Kier molecular flexibility index (Phi) is 9.87. The number of amides is 1. The number of hydrogen-bond acceptors (Lipinski definition) is 7. The van der Waals surface area contributed by atoms with Crippen molar-refractivity contribution in [3.8, 4) is 11.5 Å². The van der Waals surface area contributed by atoms with Crippen molar-refractivity contribution in [1.82, 2.24) is 14.8 Å². The first kappa shape index (κ1) is 31.9. The summed E-state index contributed by atoms with van der Waals surface area (Å²) in [6.45, 7) is 7.82. The lowest BCUT2D eigenvalue weighted by Crippen LogP contribution is -2.31. The van der Waals surface area contributed by atoms with Crippen molar-refractivity contribution in [2.45, 2.75) is 51.9 Å². The van der Waals surface area contributed by atoms with Gasteiger partial charge in [-0.15, -0.1) is 5.10 Å². The number of carbonyl (C=O) groups is 1. The highest BCUT2D eigenvalue weighted by Crippen LogP contribution is 2.44. The summed E-state index contributed by atoms with van der Waals surface area (Å²) in [7, 11) is 1.52. The van der Waals surface area contributed by atoms with Gasteiger partial charge in [0.2, 0.25) is 11.1 Å². The molecule has 12 heteroatoms. The molecule has 8 nitrogen and oxygen atoms in total. The third kappa shape index (κ3) is 6.45. The zero-order valence-corrected chi connectivity index (χ0v) is 28.1. The Bertz CT molecular complexity index is 1740.